The number of rotatable bonds is 2. The summed E-state index contributed by atoms with van der Waals surface area (Å²) in [4.78, 5) is 34.1. The lowest BCUT2D eigenvalue weighted by Gasteiger charge is -2.29. The van der Waals surface area contributed by atoms with Crippen LogP contribution in [-0.4, -0.2) is 26.9 Å². The number of hydrogen-bond donors (Lipinski definition) is 0. The maximum absolute atomic E-state index is 12.9. The molecule has 132 valence electrons. The molecule has 5 nitrogen and oxygen atoms in total. The molecule has 0 saturated heterocycles. The Kier molecular flexibility index (Phi) is 3.67. The van der Waals surface area contributed by atoms with E-state index < -0.39 is 0 Å². The third-order valence-corrected chi connectivity index (χ3v) is 6.68. The van der Waals surface area contributed by atoms with Gasteiger partial charge in [0.25, 0.3) is 5.56 Å². The van der Waals surface area contributed by atoms with Crippen molar-refractivity contribution in [3.63, 3.8) is 0 Å². The quantitative estimate of drug-likeness (QED) is 0.701. The summed E-state index contributed by atoms with van der Waals surface area (Å²) in [6, 6.07) is 8.24. The summed E-state index contributed by atoms with van der Waals surface area (Å²) >= 11 is 1.63. The van der Waals surface area contributed by atoms with Gasteiger partial charge in [0.05, 0.1) is 11.7 Å². The van der Waals surface area contributed by atoms with Crippen LogP contribution in [0.5, 0.6) is 0 Å². The minimum absolute atomic E-state index is 0.0189. The highest BCUT2D eigenvalue weighted by atomic mass is 32.1. The van der Waals surface area contributed by atoms with Gasteiger partial charge in [-0.2, -0.15) is 0 Å². The van der Waals surface area contributed by atoms with E-state index in [2.05, 4.69) is 17.1 Å². The van der Waals surface area contributed by atoms with E-state index in [1.807, 2.05) is 17.0 Å². The van der Waals surface area contributed by atoms with Crippen molar-refractivity contribution in [1.82, 2.24) is 14.5 Å². The van der Waals surface area contributed by atoms with Crippen LogP contribution in [0.4, 0.5) is 0 Å². The lowest BCUT2D eigenvalue weighted by molar-refractivity contribution is -0.132. The van der Waals surface area contributed by atoms with Crippen molar-refractivity contribution in [2.24, 2.45) is 0 Å². The average molecular weight is 365 g/mol. The molecule has 26 heavy (non-hydrogen) atoms. The number of hydrogen-bond acceptors (Lipinski definition) is 4. The van der Waals surface area contributed by atoms with E-state index in [1.165, 1.54) is 26.9 Å². The van der Waals surface area contributed by atoms with Gasteiger partial charge < -0.3 is 4.90 Å². The highest BCUT2D eigenvalue weighted by molar-refractivity contribution is 7.18. The molecule has 2 aliphatic rings. The van der Waals surface area contributed by atoms with Gasteiger partial charge in [-0.15, -0.1) is 11.3 Å². The fourth-order valence-corrected chi connectivity index (χ4v) is 5.31. The molecule has 3 heterocycles. The van der Waals surface area contributed by atoms with Gasteiger partial charge in [-0.1, -0.05) is 24.3 Å². The Balaban J connectivity index is 1.42. The summed E-state index contributed by atoms with van der Waals surface area (Å²) in [5.74, 6) is -0.0189. The molecule has 1 aliphatic heterocycles. The Labute approximate surface area is 154 Å². The van der Waals surface area contributed by atoms with Crippen LogP contribution in [0, 0.1) is 0 Å². The normalized spacial score (nSPS) is 15.9. The first-order chi connectivity index (χ1) is 12.7. The molecule has 0 fully saturated rings. The SMILES string of the molecule is O=C(Cn1cnc2sc3c(c2c1=O)CCC3)N1CCc2ccccc2C1. The molecular weight excluding hydrogens is 346 g/mol. The molecule has 3 aromatic rings. The van der Waals surface area contributed by atoms with Crippen LogP contribution in [0.1, 0.15) is 28.0 Å². The fraction of sp³-hybridized carbons (Fsp3) is 0.350. The van der Waals surface area contributed by atoms with Crippen LogP contribution in [-0.2, 0) is 37.1 Å². The van der Waals surface area contributed by atoms with Gasteiger partial charge in [-0.25, -0.2) is 4.98 Å². The molecule has 0 atom stereocenters. The van der Waals surface area contributed by atoms with Crippen molar-refractivity contribution in [3.05, 3.63) is 62.5 Å². The Morgan fingerprint density at radius 3 is 2.88 bits per heavy atom. The second-order valence-corrected chi connectivity index (χ2v) is 8.13. The molecule has 1 amide bonds. The predicted octanol–water partition coefficient (Wildman–Crippen LogP) is 2.53. The minimum atomic E-state index is -0.0693. The number of thiophene rings is 1. The molecule has 0 saturated carbocycles. The second kappa shape index (κ2) is 6.06. The Morgan fingerprint density at radius 1 is 1.15 bits per heavy atom. The Hall–Kier alpha value is -2.47. The van der Waals surface area contributed by atoms with Gasteiger partial charge in [-0.05, 0) is 42.4 Å². The number of aromatic nitrogens is 2. The molecule has 1 aliphatic carbocycles. The van der Waals surface area contributed by atoms with E-state index >= 15 is 0 Å². The van der Waals surface area contributed by atoms with Crippen LogP contribution in [0.3, 0.4) is 0 Å². The maximum Gasteiger partial charge on any atom is 0.262 e. The smallest absolute Gasteiger partial charge is 0.262 e. The zero-order valence-electron chi connectivity index (χ0n) is 14.4. The highest BCUT2D eigenvalue weighted by Gasteiger charge is 2.24. The molecule has 2 aromatic heterocycles. The van der Waals surface area contributed by atoms with Gasteiger partial charge in [0, 0.05) is 18.0 Å². The second-order valence-electron chi connectivity index (χ2n) is 7.05. The van der Waals surface area contributed by atoms with E-state index in [0.29, 0.717) is 13.1 Å². The molecule has 6 heteroatoms. The topological polar surface area (TPSA) is 55.2 Å². The fourth-order valence-electron chi connectivity index (χ4n) is 4.09. The summed E-state index contributed by atoms with van der Waals surface area (Å²) in [6.45, 7) is 1.38. The molecule has 5 rings (SSSR count). The van der Waals surface area contributed by atoms with Crippen molar-refractivity contribution in [2.45, 2.75) is 38.8 Å². The van der Waals surface area contributed by atoms with E-state index in [9.17, 15) is 9.59 Å². The predicted molar refractivity (Wildman–Crippen MR) is 101 cm³/mol. The van der Waals surface area contributed by atoms with Crippen molar-refractivity contribution < 1.29 is 4.79 Å². The van der Waals surface area contributed by atoms with E-state index in [-0.39, 0.29) is 18.0 Å². The lowest BCUT2D eigenvalue weighted by Crippen LogP contribution is -2.39. The molecule has 0 radical (unpaired) electrons. The van der Waals surface area contributed by atoms with Gasteiger partial charge in [-0.3, -0.25) is 14.2 Å². The van der Waals surface area contributed by atoms with E-state index in [1.54, 1.807) is 11.3 Å². The first kappa shape index (κ1) is 15.8. The Morgan fingerprint density at radius 2 is 2.00 bits per heavy atom. The summed E-state index contributed by atoms with van der Waals surface area (Å²) in [5, 5.41) is 0.738. The zero-order valence-corrected chi connectivity index (χ0v) is 15.2. The maximum atomic E-state index is 12.9. The monoisotopic (exact) mass is 365 g/mol. The van der Waals surface area contributed by atoms with E-state index in [4.69, 9.17) is 0 Å². The van der Waals surface area contributed by atoms with Gasteiger partial charge >= 0.3 is 0 Å². The summed E-state index contributed by atoms with van der Waals surface area (Å²) in [7, 11) is 0. The largest absolute Gasteiger partial charge is 0.336 e. The average Bonchev–Trinajstić information content (AvgIpc) is 3.24. The molecule has 0 bridgehead atoms. The number of carbonyl (C=O) groups is 1. The van der Waals surface area contributed by atoms with Gasteiger partial charge in [0.2, 0.25) is 5.91 Å². The molecule has 0 unspecified atom stereocenters. The summed E-state index contributed by atoms with van der Waals surface area (Å²) < 4.78 is 1.48. The lowest BCUT2D eigenvalue weighted by atomic mass is 10.00. The highest BCUT2D eigenvalue weighted by Crippen LogP contribution is 2.34. The number of amides is 1. The Bertz CT molecular complexity index is 1080. The molecule has 0 spiro atoms. The third-order valence-electron chi connectivity index (χ3n) is 5.48. The number of nitrogens with zero attached hydrogens (tertiary/aromatic N) is 3. The van der Waals surface area contributed by atoms with Crippen LogP contribution in [0.25, 0.3) is 10.2 Å². The molecule has 1 aromatic carbocycles. The van der Waals surface area contributed by atoms with Crippen molar-refractivity contribution in [3.8, 4) is 0 Å². The first-order valence-electron chi connectivity index (χ1n) is 9.05. The summed E-state index contributed by atoms with van der Waals surface area (Å²) in [5.41, 5.74) is 3.60. The number of aryl methyl sites for hydroxylation is 2. The molecule has 0 N–H and O–H groups in total. The van der Waals surface area contributed by atoms with Crippen LogP contribution in [0.2, 0.25) is 0 Å². The zero-order chi connectivity index (χ0) is 17.7. The number of carbonyl (C=O) groups excluding carboxylic acids is 1. The van der Waals surface area contributed by atoms with Crippen LogP contribution >= 0.6 is 11.3 Å². The number of benzene rings is 1. The first-order valence-corrected chi connectivity index (χ1v) is 9.86. The molecular formula is C20H19N3O2S. The van der Waals surface area contributed by atoms with Gasteiger partial charge in [0.15, 0.2) is 0 Å². The van der Waals surface area contributed by atoms with Crippen molar-refractivity contribution in [2.75, 3.05) is 6.54 Å². The standard InChI is InChI=1S/C20H19N3O2S/c24-17(22-9-8-13-4-1-2-5-14(13)10-22)11-23-12-21-19-18(20(23)25)15-6-3-7-16(15)26-19/h1-2,4-5,12H,3,6-11H2. The van der Waals surface area contributed by atoms with Crippen molar-refractivity contribution >= 4 is 27.5 Å². The third kappa shape index (κ3) is 2.48. The van der Waals surface area contributed by atoms with E-state index in [0.717, 1.165) is 41.5 Å². The summed E-state index contributed by atoms with van der Waals surface area (Å²) in [6.07, 6.45) is 5.50. The van der Waals surface area contributed by atoms with Crippen LogP contribution < -0.4 is 5.56 Å². The van der Waals surface area contributed by atoms with Crippen molar-refractivity contribution in [1.29, 1.82) is 0 Å². The van der Waals surface area contributed by atoms with Crippen LogP contribution in [0.15, 0.2) is 35.4 Å². The van der Waals surface area contributed by atoms with Gasteiger partial charge in [0.1, 0.15) is 11.4 Å². The minimum Gasteiger partial charge on any atom is -0.336 e. The number of fused-ring (bicyclic) bond motifs is 4.